The van der Waals surface area contributed by atoms with Crippen molar-refractivity contribution >= 4 is 22.7 Å². The fraction of sp³-hybridized carbons (Fsp3) is 0.458. The maximum atomic E-state index is 5.40. The van der Waals surface area contributed by atoms with Crippen LogP contribution in [0.5, 0.6) is 0 Å². The second-order valence-corrected chi connectivity index (χ2v) is 8.68. The van der Waals surface area contributed by atoms with Crippen molar-refractivity contribution in [3.63, 3.8) is 0 Å². The lowest BCUT2D eigenvalue weighted by Crippen LogP contribution is -2.47. The van der Waals surface area contributed by atoms with Gasteiger partial charge < -0.3 is 15.0 Å². The molecule has 0 radical (unpaired) electrons. The summed E-state index contributed by atoms with van der Waals surface area (Å²) in [5, 5.41) is 6.61. The summed E-state index contributed by atoms with van der Waals surface area (Å²) in [6.07, 6.45) is 3.81. The van der Waals surface area contributed by atoms with Gasteiger partial charge in [0.15, 0.2) is 0 Å². The lowest BCUT2D eigenvalue weighted by atomic mass is 10.1. The van der Waals surface area contributed by atoms with Gasteiger partial charge in [0.25, 0.3) is 0 Å². The van der Waals surface area contributed by atoms with E-state index in [0.717, 1.165) is 93.4 Å². The van der Waals surface area contributed by atoms with Gasteiger partial charge in [-0.05, 0) is 36.9 Å². The fourth-order valence-electron chi connectivity index (χ4n) is 4.16. The number of ether oxygens (including phenoxy) is 1. The molecule has 0 amide bonds. The molecule has 0 atom stereocenters. The van der Waals surface area contributed by atoms with E-state index in [9.17, 15) is 0 Å². The van der Waals surface area contributed by atoms with Crippen LogP contribution in [0.2, 0.25) is 0 Å². The van der Waals surface area contributed by atoms with Gasteiger partial charge in [-0.2, -0.15) is 0 Å². The molecule has 4 heterocycles. The Balaban J connectivity index is 1.19. The summed E-state index contributed by atoms with van der Waals surface area (Å²) in [7, 11) is 2.15. The highest BCUT2D eigenvalue weighted by Crippen LogP contribution is 2.24. The Labute approximate surface area is 194 Å². The molecule has 0 unspecified atom stereocenters. The van der Waals surface area contributed by atoms with Crippen molar-refractivity contribution in [2.24, 2.45) is 0 Å². The number of nitrogens with zero attached hydrogens (tertiary/aromatic N) is 6. The van der Waals surface area contributed by atoms with Crippen LogP contribution in [0.1, 0.15) is 0 Å². The number of morpholine rings is 1. The van der Waals surface area contributed by atoms with Crippen LogP contribution in [0, 0.1) is 0 Å². The van der Waals surface area contributed by atoms with Crippen LogP contribution < -0.4 is 10.7 Å². The zero-order valence-electron chi connectivity index (χ0n) is 19.2. The minimum Gasteiger partial charge on any atom is -0.379 e. The summed E-state index contributed by atoms with van der Waals surface area (Å²) in [4.78, 5) is 18.6. The van der Waals surface area contributed by atoms with Crippen LogP contribution in [-0.4, -0.2) is 102 Å². The highest BCUT2D eigenvalue weighted by Gasteiger charge is 2.14. The average molecular weight is 449 g/mol. The summed E-state index contributed by atoms with van der Waals surface area (Å²) in [5.74, 6) is 1.55. The lowest BCUT2D eigenvalue weighted by Gasteiger charge is -2.32. The predicted octanol–water partition coefficient (Wildman–Crippen LogP) is 2.01. The Kier molecular flexibility index (Phi) is 6.92. The number of hydrogen-bond donors (Lipinski definition) is 2. The third kappa shape index (κ3) is 5.75. The van der Waals surface area contributed by atoms with Gasteiger partial charge in [-0.1, -0.05) is 6.07 Å². The molecule has 2 aliphatic rings. The number of aromatic nitrogens is 3. The predicted molar refractivity (Wildman–Crippen MR) is 131 cm³/mol. The molecule has 1 aromatic carbocycles. The molecule has 2 saturated heterocycles. The van der Waals surface area contributed by atoms with E-state index in [1.807, 2.05) is 18.5 Å². The van der Waals surface area contributed by atoms with Gasteiger partial charge in [0, 0.05) is 75.7 Å². The molecule has 33 heavy (non-hydrogen) atoms. The molecule has 0 aliphatic carbocycles. The number of piperazine rings is 1. The van der Waals surface area contributed by atoms with E-state index in [0.29, 0.717) is 5.95 Å². The maximum absolute atomic E-state index is 5.40. The fourth-order valence-corrected chi connectivity index (χ4v) is 4.16. The molecule has 174 valence electrons. The number of hydrogen-bond acceptors (Lipinski definition) is 9. The van der Waals surface area contributed by atoms with Gasteiger partial charge in [0.05, 0.1) is 18.7 Å². The average Bonchev–Trinajstić information content (AvgIpc) is 2.86. The van der Waals surface area contributed by atoms with Gasteiger partial charge in [-0.15, -0.1) is 0 Å². The van der Waals surface area contributed by atoms with Gasteiger partial charge in [-0.25, -0.2) is 20.0 Å². The van der Waals surface area contributed by atoms with E-state index in [1.165, 1.54) is 0 Å². The molecular formula is C24H32N8O. The molecule has 0 bridgehead atoms. The number of hydrazine groups is 1. The summed E-state index contributed by atoms with van der Waals surface area (Å²) in [6, 6.07) is 10.4. The lowest BCUT2D eigenvalue weighted by molar-refractivity contribution is 0.0398. The summed E-state index contributed by atoms with van der Waals surface area (Å²) >= 11 is 0. The Morgan fingerprint density at radius 2 is 1.73 bits per heavy atom. The Morgan fingerprint density at radius 3 is 2.52 bits per heavy atom. The van der Waals surface area contributed by atoms with E-state index in [1.54, 1.807) is 0 Å². The molecule has 0 saturated carbocycles. The minimum atomic E-state index is 0.647. The second kappa shape index (κ2) is 10.4. The molecule has 5 rings (SSSR count). The number of pyridine rings is 1. The summed E-state index contributed by atoms with van der Waals surface area (Å²) in [5.41, 5.74) is 6.46. The highest BCUT2D eigenvalue weighted by atomic mass is 16.5. The third-order valence-corrected chi connectivity index (χ3v) is 6.28. The summed E-state index contributed by atoms with van der Waals surface area (Å²) < 4.78 is 5.40. The van der Waals surface area contributed by atoms with Crippen molar-refractivity contribution in [2.45, 2.75) is 0 Å². The van der Waals surface area contributed by atoms with Gasteiger partial charge in [-0.3, -0.25) is 10.3 Å². The number of benzene rings is 1. The maximum Gasteiger partial charge on any atom is 0.238 e. The zero-order valence-corrected chi connectivity index (χ0v) is 19.2. The van der Waals surface area contributed by atoms with E-state index in [2.05, 4.69) is 66.8 Å². The SMILES string of the molecule is CN1CCN(Nc2ncc3cc(-c4ccc(NCCN5CCOCC5)nc4)ccc3n2)CC1. The van der Waals surface area contributed by atoms with E-state index >= 15 is 0 Å². The van der Waals surface area contributed by atoms with Crippen LogP contribution in [0.25, 0.3) is 22.0 Å². The Hall–Kier alpha value is -2.85. The first-order valence-electron chi connectivity index (χ1n) is 11.7. The molecule has 9 nitrogen and oxygen atoms in total. The highest BCUT2D eigenvalue weighted by molar-refractivity contribution is 5.84. The Morgan fingerprint density at radius 1 is 0.909 bits per heavy atom. The van der Waals surface area contributed by atoms with Crippen molar-refractivity contribution in [1.29, 1.82) is 0 Å². The molecule has 2 fully saturated rings. The molecular weight excluding hydrogens is 416 g/mol. The summed E-state index contributed by atoms with van der Waals surface area (Å²) in [6.45, 7) is 9.56. The molecule has 2 aliphatic heterocycles. The number of rotatable bonds is 7. The van der Waals surface area contributed by atoms with Crippen molar-refractivity contribution in [2.75, 3.05) is 83.4 Å². The molecule has 9 heteroatoms. The smallest absolute Gasteiger partial charge is 0.238 e. The third-order valence-electron chi connectivity index (χ3n) is 6.28. The quantitative estimate of drug-likeness (QED) is 0.564. The topological polar surface area (TPSA) is 81.7 Å². The first kappa shape index (κ1) is 22.0. The van der Waals surface area contributed by atoms with Crippen LogP contribution in [0.4, 0.5) is 11.8 Å². The van der Waals surface area contributed by atoms with Gasteiger partial charge in [0.2, 0.25) is 5.95 Å². The minimum absolute atomic E-state index is 0.647. The second-order valence-electron chi connectivity index (χ2n) is 8.68. The van der Waals surface area contributed by atoms with Gasteiger partial charge >= 0.3 is 0 Å². The first-order valence-corrected chi connectivity index (χ1v) is 11.7. The first-order chi connectivity index (χ1) is 16.2. The van der Waals surface area contributed by atoms with Crippen LogP contribution >= 0.6 is 0 Å². The van der Waals surface area contributed by atoms with E-state index < -0.39 is 0 Å². The number of fused-ring (bicyclic) bond motifs is 1. The molecule has 0 spiro atoms. The zero-order chi connectivity index (χ0) is 22.5. The van der Waals surface area contributed by atoms with E-state index in [-0.39, 0.29) is 0 Å². The van der Waals surface area contributed by atoms with Crippen LogP contribution in [0.3, 0.4) is 0 Å². The number of likely N-dealkylation sites (N-methyl/N-ethyl adjacent to an activating group) is 1. The van der Waals surface area contributed by atoms with Crippen molar-refractivity contribution in [1.82, 2.24) is 29.8 Å². The molecule has 2 N–H and O–H groups in total. The normalized spacial score (nSPS) is 18.5. The largest absolute Gasteiger partial charge is 0.379 e. The van der Waals surface area contributed by atoms with Crippen molar-refractivity contribution in [3.8, 4) is 11.1 Å². The number of nitrogens with one attached hydrogen (secondary N) is 2. The van der Waals surface area contributed by atoms with Crippen LogP contribution in [0.15, 0.2) is 42.7 Å². The molecule has 3 aromatic rings. The van der Waals surface area contributed by atoms with Gasteiger partial charge in [0.1, 0.15) is 5.82 Å². The standard InChI is InChI=1S/C24H32N8O/c1-30-8-10-32(11-9-30)29-24-27-18-21-16-19(2-4-22(21)28-24)20-3-5-23(26-17-20)25-6-7-31-12-14-33-15-13-31/h2-5,16-18H,6-15H2,1H3,(H,25,26)(H,27,28,29). The Bertz CT molecular complexity index is 1050. The number of anilines is 2. The molecule has 2 aromatic heterocycles. The van der Waals surface area contributed by atoms with Crippen LogP contribution in [-0.2, 0) is 4.74 Å². The van der Waals surface area contributed by atoms with E-state index in [4.69, 9.17) is 9.72 Å². The monoisotopic (exact) mass is 448 g/mol. The van der Waals surface area contributed by atoms with Crippen molar-refractivity contribution < 1.29 is 4.74 Å². The van der Waals surface area contributed by atoms with Crippen molar-refractivity contribution in [3.05, 3.63) is 42.7 Å².